The first-order chi connectivity index (χ1) is 9.66. The van der Waals surface area contributed by atoms with E-state index >= 15 is 0 Å². The summed E-state index contributed by atoms with van der Waals surface area (Å²) in [4.78, 5) is 29.0. The van der Waals surface area contributed by atoms with Gasteiger partial charge in [-0.1, -0.05) is 13.0 Å². The maximum Gasteiger partial charge on any atom is 0.229 e. The molecular weight excluding hydrogens is 254 g/mol. The van der Waals surface area contributed by atoms with Gasteiger partial charge in [-0.15, -0.1) is 0 Å². The third kappa shape index (κ3) is 4.13. The van der Waals surface area contributed by atoms with Crippen molar-refractivity contribution in [3.8, 4) is 0 Å². The lowest BCUT2D eigenvalue weighted by Gasteiger charge is -2.28. The molecule has 0 bridgehead atoms. The smallest absolute Gasteiger partial charge is 0.229 e. The standard InChI is InChI=1S/C15H21N3O2/c1-12-8-14(19)18(15(20)9-12)7-3-6-17-11-13-4-2-5-16-10-13/h2,4-5,10,12,17H,3,6-9,11H2,1H3. The molecule has 0 aliphatic carbocycles. The van der Waals surface area contributed by atoms with E-state index < -0.39 is 0 Å². The summed E-state index contributed by atoms with van der Waals surface area (Å²) in [7, 11) is 0. The summed E-state index contributed by atoms with van der Waals surface area (Å²) in [5, 5.41) is 3.29. The molecular formula is C15H21N3O2. The van der Waals surface area contributed by atoms with Gasteiger partial charge in [0.1, 0.15) is 0 Å². The highest BCUT2D eigenvalue weighted by Crippen LogP contribution is 2.18. The monoisotopic (exact) mass is 275 g/mol. The largest absolute Gasteiger partial charge is 0.313 e. The van der Waals surface area contributed by atoms with Crippen LogP contribution in [-0.2, 0) is 16.1 Å². The van der Waals surface area contributed by atoms with Crippen LogP contribution in [0.1, 0.15) is 31.7 Å². The Kier molecular flexibility index (Phi) is 5.24. The molecule has 1 aliphatic rings. The van der Waals surface area contributed by atoms with E-state index in [1.54, 1.807) is 6.20 Å². The fourth-order valence-electron chi connectivity index (χ4n) is 2.37. The fourth-order valence-corrected chi connectivity index (χ4v) is 2.37. The molecule has 0 radical (unpaired) electrons. The second-order valence-corrected chi connectivity index (χ2v) is 5.34. The molecule has 1 aromatic rings. The van der Waals surface area contributed by atoms with Gasteiger partial charge in [0.25, 0.3) is 0 Å². The Bertz CT molecular complexity index is 443. The Labute approximate surface area is 119 Å². The average molecular weight is 275 g/mol. The van der Waals surface area contributed by atoms with Gasteiger partial charge in [-0.25, -0.2) is 0 Å². The zero-order valence-electron chi connectivity index (χ0n) is 11.8. The molecule has 2 rings (SSSR count). The molecule has 0 spiro atoms. The van der Waals surface area contributed by atoms with E-state index in [-0.39, 0.29) is 17.7 Å². The lowest BCUT2D eigenvalue weighted by Crippen LogP contribution is -2.43. The first kappa shape index (κ1) is 14.7. The van der Waals surface area contributed by atoms with E-state index in [9.17, 15) is 9.59 Å². The quantitative estimate of drug-likeness (QED) is 0.629. The van der Waals surface area contributed by atoms with Crippen LogP contribution in [-0.4, -0.2) is 34.8 Å². The molecule has 5 heteroatoms. The van der Waals surface area contributed by atoms with Gasteiger partial charge in [-0.05, 0) is 30.5 Å². The molecule has 2 heterocycles. The Morgan fingerprint density at radius 2 is 2.10 bits per heavy atom. The van der Waals surface area contributed by atoms with E-state index in [4.69, 9.17) is 0 Å². The summed E-state index contributed by atoms with van der Waals surface area (Å²) in [6.07, 6.45) is 5.35. The summed E-state index contributed by atoms with van der Waals surface area (Å²) in [6.45, 7) is 4.00. The number of pyridine rings is 1. The number of piperidine rings is 1. The molecule has 1 saturated heterocycles. The van der Waals surface area contributed by atoms with Gasteiger partial charge < -0.3 is 5.32 Å². The third-order valence-corrected chi connectivity index (χ3v) is 3.44. The van der Waals surface area contributed by atoms with Crippen LogP contribution in [0.5, 0.6) is 0 Å². The molecule has 0 saturated carbocycles. The van der Waals surface area contributed by atoms with Gasteiger partial charge in [0.05, 0.1) is 0 Å². The van der Waals surface area contributed by atoms with Crippen LogP contribution in [0, 0.1) is 5.92 Å². The molecule has 0 unspecified atom stereocenters. The van der Waals surface area contributed by atoms with Crippen molar-refractivity contribution in [1.82, 2.24) is 15.2 Å². The van der Waals surface area contributed by atoms with E-state index in [2.05, 4.69) is 10.3 Å². The molecule has 2 amide bonds. The van der Waals surface area contributed by atoms with Crippen molar-refractivity contribution in [3.05, 3.63) is 30.1 Å². The first-order valence-electron chi connectivity index (χ1n) is 7.09. The molecule has 0 aromatic carbocycles. The minimum atomic E-state index is -0.0268. The number of rotatable bonds is 6. The molecule has 0 atom stereocenters. The van der Waals surface area contributed by atoms with Crippen LogP contribution < -0.4 is 5.32 Å². The summed E-state index contributed by atoms with van der Waals surface area (Å²) in [6, 6.07) is 3.92. The highest BCUT2D eigenvalue weighted by atomic mass is 16.2. The van der Waals surface area contributed by atoms with Gasteiger partial charge in [0, 0.05) is 38.3 Å². The van der Waals surface area contributed by atoms with Crippen LogP contribution in [0.15, 0.2) is 24.5 Å². The average Bonchev–Trinajstić information content (AvgIpc) is 2.42. The molecule has 108 valence electrons. The number of amides is 2. The zero-order valence-corrected chi connectivity index (χ0v) is 11.8. The van der Waals surface area contributed by atoms with Gasteiger partial charge >= 0.3 is 0 Å². The number of carbonyl (C=O) groups is 2. The number of carbonyl (C=O) groups excluding carboxylic acids is 2. The van der Waals surface area contributed by atoms with Crippen molar-refractivity contribution in [2.75, 3.05) is 13.1 Å². The van der Waals surface area contributed by atoms with Crippen LogP contribution in [0.2, 0.25) is 0 Å². The summed E-state index contributed by atoms with van der Waals surface area (Å²) < 4.78 is 0. The number of aromatic nitrogens is 1. The van der Waals surface area contributed by atoms with E-state index in [0.29, 0.717) is 19.4 Å². The summed E-state index contributed by atoms with van der Waals surface area (Å²) in [5.74, 6) is 0.136. The predicted octanol–water partition coefficient (Wildman–Crippen LogP) is 1.35. The van der Waals surface area contributed by atoms with Crippen LogP contribution in [0.4, 0.5) is 0 Å². The number of imide groups is 1. The Morgan fingerprint density at radius 1 is 1.35 bits per heavy atom. The number of likely N-dealkylation sites (tertiary alicyclic amines) is 1. The van der Waals surface area contributed by atoms with Gasteiger partial charge in [-0.2, -0.15) is 0 Å². The number of hydrogen-bond donors (Lipinski definition) is 1. The van der Waals surface area contributed by atoms with Gasteiger partial charge in [-0.3, -0.25) is 19.5 Å². The number of nitrogens with zero attached hydrogens (tertiary/aromatic N) is 2. The van der Waals surface area contributed by atoms with Crippen molar-refractivity contribution < 1.29 is 9.59 Å². The van der Waals surface area contributed by atoms with Crippen molar-refractivity contribution in [2.45, 2.75) is 32.7 Å². The molecule has 1 aromatic heterocycles. The number of nitrogens with one attached hydrogen (secondary N) is 1. The lowest BCUT2D eigenvalue weighted by atomic mass is 9.98. The fraction of sp³-hybridized carbons (Fsp3) is 0.533. The Morgan fingerprint density at radius 3 is 2.75 bits per heavy atom. The second-order valence-electron chi connectivity index (χ2n) is 5.34. The second kappa shape index (κ2) is 7.14. The lowest BCUT2D eigenvalue weighted by molar-refractivity contribution is -0.149. The molecule has 5 nitrogen and oxygen atoms in total. The topological polar surface area (TPSA) is 62.3 Å². The van der Waals surface area contributed by atoms with E-state index in [1.165, 1.54) is 4.90 Å². The summed E-state index contributed by atoms with van der Waals surface area (Å²) >= 11 is 0. The van der Waals surface area contributed by atoms with Crippen molar-refractivity contribution in [1.29, 1.82) is 0 Å². The van der Waals surface area contributed by atoms with E-state index in [0.717, 1.165) is 25.1 Å². The van der Waals surface area contributed by atoms with Crippen molar-refractivity contribution in [3.63, 3.8) is 0 Å². The first-order valence-corrected chi connectivity index (χ1v) is 7.09. The maximum absolute atomic E-state index is 11.8. The Hall–Kier alpha value is -1.75. The highest BCUT2D eigenvalue weighted by molar-refractivity contribution is 5.97. The van der Waals surface area contributed by atoms with Crippen molar-refractivity contribution in [2.24, 2.45) is 5.92 Å². The third-order valence-electron chi connectivity index (χ3n) is 3.44. The maximum atomic E-state index is 11.8. The Balaban J connectivity index is 1.66. The van der Waals surface area contributed by atoms with E-state index in [1.807, 2.05) is 25.3 Å². The van der Waals surface area contributed by atoms with Crippen LogP contribution in [0.25, 0.3) is 0 Å². The molecule has 20 heavy (non-hydrogen) atoms. The minimum Gasteiger partial charge on any atom is -0.313 e. The SMILES string of the molecule is CC1CC(=O)N(CCCNCc2cccnc2)C(=O)C1. The zero-order chi connectivity index (χ0) is 14.4. The normalized spacial score (nSPS) is 16.8. The highest BCUT2D eigenvalue weighted by Gasteiger charge is 2.29. The molecule has 1 aliphatic heterocycles. The van der Waals surface area contributed by atoms with Crippen LogP contribution in [0.3, 0.4) is 0 Å². The van der Waals surface area contributed by atoms with Crippen LogP contribution >= 0.6 is 0 Å². The van der Waals surface area contributed by atoms with Gasteiger partial charge in [0.2, 0.25) is 11.8 Å². The van der Waals surface area contributed by atoms with Crippen molar-refractivity contribution >= 4 is 11.8 Å². The summed E-state index contributed by atoms with van der Waals surface area (Å²) in [5.41, 5.74) is 1.13. The number of hydrogen-bond acceptors (Lipinski definition) is 4. The molecule has 1 fully saturated rings. The predicted molar refractivity (Wildman–Crippen MR) is 75.7 cm³/mol. The minimum absolute atomic E-state index is 0.0268. The van der Waals surface area contributed by atoms with Gasteiger partial charge in [0.15, 0.2) is 0 Å². The molecule has 1 N–H and O–H groups in total.